The van der Waals surface area contributed by atoms with Gasteiger partial charge in [-0.2, -0.15) is 0 Å². The summed E-state index contributed by atoms with van der Waals surface area (Å²) in [4.78, 5) is 16.6. The van der Waals surface area contributed by atoms with Crippen molar-refractivity contribution >= 4 is 38.6 Å². The first-order valence-electron chi connectivity index (χ1n) is 6.86. The minimum atomic E-state index is -3.88. The van der Waals surface area contributed by atoms with Gasteiger partial charge in [0.1, 0.15) is 0 Å². The van der Waals surface area contributed by atoms with Crippen LogP contribution in [0.3, 0.4) is 0 Å². The van der Waals surface area contributed by atoms with Gasteiger partial charge in [0.05, 0.1) is 11.4 Å². The van der Waals surface area contributed by atoms with Gasteiger partial charge in [0.25, 0.3) is 15.9 Å². The fourth-order valence-electron chi connectivity index (χ4n) is 2.38. The summed E-state index contributed by atoms with van der Waals surface area (Å²) in [5.74, 6) is -1.07. The third kappa shape index (κ3) is 2.59. The van der Waals surface area contributed by atoms with E-state index in [1.54, 1.807) is 12.1 Å². The van der Waals surface area contributed by atoms with Gasteiger partial charge in [-0.1, -0.05) is 30.8 Å². The molecule has 1 aromatic carbocycles. The van der Waals surface area contributed by atoms with Crippen LogP contribution in [0, 0.1) is 0 Å². The molecule has 2 aliphatic heterocycles. The van der Waals surface area contributed by atoms with Gasteiger partial charge in [-0.15, -0.1) is 0 Å². The molecule has 3 rings (SSSR count). The Hall–Kier alpha value is -2.00. The van der Waals surface area contributed by atoms with Crippen LogP contribution in [-0.2, 0) is 14.8 Å². The van der Waals surface area contributed by atoms with Gasteiger partial charge in [-0.3, -0.25) is 19.4 Å². The minimum Gasteiger partial charge on any atom is -0.505 e. The Labute approximate surface area is 138 Å². The number of hydrogen-bond acceptors (Lipinski definition) is 6. The molecular weight excluding hydrogens is 338 g/mol. The maximum Gasteiger partial charge on any atom is 0.278 e. The highest BCUT2D eigenvalue weighted by molar-refractivity contribution is 8.14. The summed E-state index contributed by atoms with van der Waals surface area (Å²) in [5, 5.41) is 13.6. The zero-order valence-electron chi connectivity index (χ0n) is 12.5. The molecular formula is C14H15N3O4S2. The second kappa shape index (κ2) is 5.57. The molecule has 23 heavy (non-hydrogen) atoms. The summed E-state index contributed by atoms with van der Waals surface area (Å²) in [7, 11) is -2.65. The molecule has 0 spiro atoms. The van der Waals surface area contributed by atoms with Crippen molar-refractivity contribution < 1.29 is 18.3 Å². The fraction of sp³-hybridized carbons (Fsp3) is 0.286. The topological polar surface area (TPSA) is 99.1 Å². The number of nitrogens with one attached hydrogen (secondary N) is 1. The molecule has 0 radical (unpaired) electrons. The maximum atomic E-state index is 12.5. The Bertz CT molecular complexity index is 845. The Morgan fingerprint density at radius 1 is 1.43 bits per heavy atom. The lowest BCUT2D eigenvalue weighted by Crippen LogP contribution is -2.41. The summed E-state index contributed by atoms with van der Waals surface area (Å²) in [6.07, 6.45) is 0. The van der Waals surface area contributed by atoms with E-state index in [1.807, 2.05) is 6.92 Å². The predicted molar refractivity (Wildman–Crippen MR) is 88.4 cm³/mol. The molecule has 2 aliphatic rings. The summed E-state index contributed by atoms with van der Waals surface area (Å²) < 4.78 is 25.8. The number of rotatable bonds is 1. The maximum absolute atomic E-state index is 12.5. The minimum absolute atomic E-state index is 0.0299. The second-order valence-corrected chi connectivity index (χ2v) is 8.56. The van der Waals surface area contributed by atoms with E-state index in [0.717, 1.165) is 4.31 Å². The molecule has 0 fully saturated rings. The smallest absolute Gasteiger partial charge is 0.278 e. The van der Waals surface area contributed by atoms with Gasteiger partial charge in [0, 0.05) is 17.9 Å². The number of hydrogen-bond donors (Lipinski definition) is 2. The quantitative estimate of drug-likeness (QED) is 0.789. The van der Waals surface area contributed by atoms with E-state index in [1.165, 1.54) is 30.9 Å². The standard InChI is InChI=1S/C14H15N3O4S2/c1-8-7-15-14(22-8)16-13(19)11-12(18)9-5-3-4-6-10(9)23(20,21)17(11)2/h3-6,8,18H,7H2,1-2H3,(H,15,16,19). The number of aliphatic imine (C=N–C) groups is 1. The van der Waals surface area contributed by atoms with Gasteiger partial charge in [0.2, 0.25) is 0 Å². The Morgan fingerprint density at radius 2 is 2.13 bits per heavy atom. The Morgan fingerprint density at radius 3 is 2.78 bits per heavy atom. The van der Waals surface area contributed by atoms with Crippen molar-refractivity contribution in [2.45, 2.75) is 17.1 Å². The summed E-state index contributed by atoms with van der Waals surface area (Å²) in [6, 6.07) is 6.02. The number of benzene rings is 1. The normalized spacial score (nSPS) is 22.6. The van der Waals surface area contributed by atoms with Crippen molar-refractivity contribution in [3.05, 3.63) is 35.5 Å². The first-order valence-corrected chi connectivity index (χ1v) is 9.18. The number of aliphatic hydroxyl groups is 1. The number of amides is 1. The number of amidine groups is 1. The molecule has 0 aromatic heterocycles. The summed E-state index contributed by atoms with van der Waals surface area (Å²) >= 11 is 1.39. The largest absolute Gasteiger partial charge is 0.505 e. The van der Waals surface area contributed by atoms with Crippen LogP contribution < -0.4 is 5.32 Å². The molecule has 0 aliphatic carbocycles. The van der Waals surface area contributed by atoms with Crippen LogP contribution in [0.15, 0.2) is 39.9 Å². The zero-order chi connectivity index (χ0) is 16.8. The van der Waals surface area contributed by atoms with Crippen LogP contribution in [0.25, 0.3) is 5.76 Å². The average Bonchev–Trinajstić information content (AvgIpc) is 2.91. The van der Waals surface area contributed by atoms with Gasteiger partial charge >= 0.3 is 0 Å². The number of carbonyl (C=O) groups excluding carboxylic acids is 1. The van der Waals surface area contributed by atoms with Gasteiger partial charge in [0.15, 0.2) is 16.6 Å². The van der Waals surface area contributed by atoms with Gasteiger partial charge < -0.3 is 5.11 Å². The lowest BCUT2D eigenvalue weighted by molar-refractivity contribution is -0.117. The van der Waals surface area contributed by atoms with E-state index >= 15 is 0 Å². The van der Waals surface area contributed by atoms with E-state index in [0.29, 0.717) is 11.7 Å². The van der Waals surface area contributed by atoms with Crippen molar-refractivity contribution in [2.24, 2.45) is 4.99 Å². The highest BCUT2D eigenvalue weighted by Crippen LogP contribution is 2.34. The molecule has 9 heteroatoms. The molecule has 0 saturated heterocycles. The van der Waals surface area contributed by atoms with Crippen molar-refractivity contribution in [1.82, 2.24) is 9.62 Å². The fourth-order valence-corrected chi connectivity index (χ4v) is 4.61. The number of fused-ring (bicyclic) bond motifs is 1. The van der Waals surface area contributed by atoms with Gasteiger partial charge in [-0.25, -0.2) is 8.42 Å². The molecule has 2 N–H and O–H groups in total. The van der Waals surface area contributed by atoms with Gasteiger partial charge in [-0.05, 0) is 12.1 Å². The monoisotopic (exact) mass is 353 g/mol. The van der Waals surface area contributed by atoms with Crippen LogP contribution in [0.2, 0.25) is 0 Å². The number of nitrogens with zero attached hydrogens (tertiary/aromatic N) is 2. The number of thioether (sulfide) groups is 1. The van der Waals surface area contributed by atoms with Crippen LogP contribution in [0.5, 0.6) is 0 Å². The van der Waals surface area contributed by atoms with Crippen molar-refractivity contribution in [2.75, 3.05) is 13.6 Å². The molecule has 1 unspecified atom stereocenters. The van der Waals surface area contributed by atoms with Crippen molar-refractivity contribution in [3.8, 4) is 0 Å². The van der Waals surface area contributed by atoms with Crippen LogP contribution in [0.1, 0.15) is 12.5 Å². The number of sulfonamides is 1. The molecule has 2 heterocycles. The van der Waals surface area contributed by atoms with E-state index in [9.17, 15) is 18.3 Å². The van der Waals surface area contributed by atoms with Crippen molar-refractivity contribution in [3.63, 3.8) is 0 Å². The lowest BCUT2D eigenvalue weighted by Gasteiger charge is -2.28. The number of aliphatic hydroxyl groups excluding tert-OH is 1. The Balaban J connectivity index is 2.02. The molecule has 0 bridgehead atoms. The van der Waals surface area contributed by atoms with Crippen LogP contribution in [0.4, 0.5) is 0 Å². The third-order valence-corrected chi connectivity index (χ3v) is 6.38. The van der Waals surface area contributed by atoms with E-state index < -0.39 is 15.9 Å². The first kappa shape index (κ1) is 15.9. The summed E-state index contributed by atoms with van der Waals surface area (Å²) in [5.41, 5.74) is -0.198. The second-order valence-electron chi connectivity index (χ2n) is 5.19. The number of likely N-dealkylation sites (N-methyl/N-ethyl adjacent to an activating group) is 1. The number of carbonyl (C=O) groups is 1. The van der Waals surface area contributed by atoms with Crippen molar-refractivity contribution in [1.29, 1.82) is 0 Å². The third-order valence-electron chi connectivity index (χ3n) is 3.56. The van der Waals surface area contributed by atoms with Crippen LogP contribution in [-0.4, -0.2) is 47.7 Å². The Kier molecular flexibility index (Phi) is 3.85. The average molecular weight is 353 g/mol. The highest BCUT2D eigenvalue weighted by Gasteiger charge is 2.38. The van der Waals surface area contributed by atoms with Crippen LogP contribution >= 0.6 is 11.8 Å². The van der Waals surface area contributed by atoms with E-state index in [4.69, 9.17) is 0 Å². The molecule has 122 valence electrons. The molecule has 1 atom stereocenters. The first-order chi connectivity index (χ1) is 10.8. The molecule has 0 saturated carbocycles. The zero-order valence-corrected chi connectivity index (χ0v) is 14.1. The SMILES string of the molecule is CC1CN=C(NC(=O)C2=C(O)c3ccccc3S(=O)(=O)N2C)S1. The predicted octanol–water partition coefficient (Wildman–Crippen LogP) is 1.15. The van der Waals surface area contributed by atoms with E-state index in [2.05, 4.69) is 10.3 Å². The molecule has 1 aromatic rings. The summed E-state index contributed by atoms with van der Waals surface area (Å²) in [6.45, 7) is 2.56. The lowest BCUT2D eigenvalue weighted by atomic mass is 10.1. The molecule has 1 amide bonds. The van der Waals surface area contributed by atoms with E-state index in [-0.39, 0.29) is 27.2 Å². The molecule has 7 nitrogen and oxygen atoms in total. The highest BCUT2D eigenvalue weighted by atomic mass is 32.2.